The van der Waals surface area contributed by atoms with Gasteiger partial charge in [0.1, 0.15) is 0 Å². The van der Waals surface area contributed by atoms with Crippen molar-refractivity contribution in [3.8, 4) is 0 Å². The lowest BCUT2D eigenvalue weighted by Gasteiger charge is -2.33. The maximum absolute atomic E-state index is 12.9. The molecule has 1 amide bonds. The van der Waals surface area contributed by atoms with Gasteiger partial charge in [0.05, 0.1) is 11.7 Å². The van der Waals surface area contributed by atoms with Crippen LogP contribution in [0.4, 0.5) is 0 Å². The number of amides is 1. The van der Waals surface area contributed by atoms with Gasteiger partial charge in [0.15, 0.2) is 0 Å². The van der Waals surface area contributed by atoms with Crippen molar-refractivity contribution < 1.29 is 4.79 Å². The molecule has 2 aliphatic rings. The molecule has 3 nitrogen and oxygen atoms in total. The van der Waals surface area contributed by atoms with Crippen LogP contribution >= 0.6 is 11.8 Å². The third-order valence-corrected chi connectivity index (χ3v) is 5.88. The van der Waals surface area contributed by atoms with Crippen molar-refractivity contribution in [3.63, 3.8) is 0 Å². The first-order valence-electron chi connectivity index (χ1n) is 8.13. The summed E-state index contributed by atoms with van der Waals surface area (Å²) < 4.78 is 0. The van der Waals surface area contributed by atoms with Crippen molar-refractivity contribution in [1.29, 1.82) is 0 Å². The first kappa shape index (κ1) is 16.2. The van der Waals surface area contributed by atoms with Gasteiger partial charge in [-0.2, -0.15) is 11.8 Å². The monoisotopic (exact) mass is 298 g/mol. The van der Waals surface area contributed by atoms with Crippen molar-refractivity contribution in [1.82, 2.24) is 10.2 Å². The molecule has 1 heterocycles. The van der Waals surface area contributed by atoms with Gasteiger partial charge in [0.2, 0.25) is 5.91 Å². The number of nitrogens with zero attached hydrogens (tertiary/aromatic N) is 1. The zero-order valence-corrected chi connectivity index (χ0v) is 14.3. The minimum atomic E-state index is -0.346. The molecule has 0 radical (unpaired) electrons. The van der Waals surface area contributed by atoms with E-state index >= 15 is 0 Å². The summed E-state index contributed by atoms with van der Waals surface area (Å²) >= 11 is 1.87. The molecule has 1 saturated carbocycles. The topological polar surface area (TPSA) is 32.3 Å². The quantitative estimate of drug-likeness (QED) is 0.817. The largest absolute Gasteiger partial charge is 0.323 e. The van der Waals surface area contributed by atoms with Crippen LogP contribution in [0.3, 0.4) is 0 Å². The van der Waals surface area contributed by atoms with E-state index in [0.717, 1.165) is 18.6 Å². The van der Waals surface area contributed by atoms with Crippen LogP contribution < -0.4 is 5.32 Å². The van der Waals surface area contributed by atoms with Gasteiger partial charge in [0, 0.05) is 6.04 Å². The fourth-order valence-corrected chi connectivity index (χ4v) is 4.22. The second kappa shape index (κ2) is 6.69. The third-order valence-electron chi connectivity index (χ3n) is 5.24. The number of hydrogen-bond acceptors (Lipinski definition) is 3. The van der Waals surface area contributed by atoms with Crippen LogP contribution in [0.1, 0.15) is 59.3 Å². The zero-order chi connectivity index (χ0) is 14.8. The number of nitrogens with one attached hydrogen (secondary N) is 1. The highest BCUT2D eigenvalue weighted by atomic mass is 32.2. The predicted octanol–water partition coefficient (Wildman–Crippen LogP) is 3.24. The highest BCUT2D eigenvalue weighted by molar-refractivity contribution is 7.98. The number of rotatable bonds is 6. The maximum Gasteiger partial charge on any atom is 0.244 e. The van der Waals surface area contributed by atoms with Crippen molar-refractivity contribution in [2.75, 3.05) is 12.0 Å². The number of hydrogen-bond donors (Lipinski definition) is 1. The summed E-state index contributed by atoms with van der Waals surface area (Å²) in [6, 6.07) is 0.349. The fourth-order valence-electron chi connectivity index (χ4n) is 3.64. The highest BCUT2D eigenvalue weighted by Gasteiger charge is 2.50. The highest BCUT2D eigenvalue weighted by Crippen LogP contribution is 2.36. The van der Waals surface area contributed by atoms with E-state index in [9.17, 15) is 4.79 Å². The van der Waals surface area contributed by atoms with E-state index in [1.165, 1.54) is 25.7 Å². The minimum absolute atomic E-state index is 0.270. The van der Waals surface area contributed by atoms with Gasteiger partial charge in [0.25, 0.3) is 0 Å². The Morgan fingerprint density at radius 3 is 2.65 bits per heavy atom. The lowest BCUT2D eigenvalue weighted by atomic mass is 9.99. The van der Waals surface area contributed by atoms with Crippen molar-refractivity contribution in [2.24, 2.45) is 5.92 Å². The second-order valence-corrected chi connectivity index (χ2v) is 7.65. The van der Waals surface area contributed by atoms with Crippen LogP contribution in [0.15, 0.2) is 0 Å². The summed E-state index contributed by atoms with van der Waals surface area (Å²) in [6.07, 6.45) is 9.58. The molecule has 3 atom stereocenters. The lowest BCUT2D eigenvalue weighted by molar-refractivity contribution is -0.135. The van der Waals surface area contributed by atoms with E-state index in [-0.39, 0.29) is 11.7 Å². The smallest absolute Gasteiger partial charge is 0.244 e. The van der Waals surface area contributed by atoms with Gasteiger partial charge in [-0.15, -0.1) is 0 Å². The van der Waals surface area contributed by atoms with E-state index in [4.69, 9.17) is 0 Å². The minimum Gasteiger partial charge on any atom is -0.323 e. The van der Waals surface area contributed by atoms with Crippen molar-refractivity contribution >= 4 is 17.7 Å². The normalized spacial score (nSPS) is 33.1. The number of thioether (sulfide) groups is 1. The van der Waals surface area contributed by atoms with Crippen LogP contribution in [-0.2, 0) is 4.79 Å². The summed E-state index contributed by atoms with van der Waals surface area (Å²) in [6.45, 7) is 6.42. The molecule has 4 heteroatoms. The van der Waals surface area contributed by atoms with Gasteiger partial charge < -0.3 is 4.90 Å². The zero-order valence-electron chi connectivity index (χ0n) is 13.4. The summed E-state index contributed by atoms with van der Waals surface area (Å²) in [5.74, 6) is 2.11. The Hall–Kier alpha value is -0.220. The molecule has 1 aliphatic heterocycles. The molecule has 0 spiro atoms. The van der Waals surface area contributed by atoms with E-state index in [2.05, 4.69) is 37.2 Å². The molecule has 1 saturated heterocycles. The third kappa shape index (κ3) is 3.01. The molecule has 1 aliphatic carbocycles. The summed E-state index contributed by atoms with van der Waals surface area (Å²) in [5, 5.41) is 3.69. The Balaban J connectivity index is 2.16. The SMILES string of the molecule is CCC1(C)NC(C2CCCC2)N(C(C)CCSC)C1=O. The van der Waals surface area contributed by atoms with Gasteiger partial charge in [-0.25, -0.2) is 0 Å². The molecule has 20 heavy (non-hydrogen) atoms. The van der Waals surface area contributed by atoms with E-state index in [0.29, 0.717) is 17.9 Å². The molecule has 0 aromatic rings. The van der Waals surface area contributed by atoms with Gasteiger partial charge in [-0.3, -0.25) is 10.1 Å². The van der Waals surface area contributed by atoms with E-state index in [1.807, 2.05) is 11.8 Å². The summed E-state index contributed by atoms with van der Waals surface area (Å²) in [7, 11) is 0. The standard InChI is InChI=1S/C16H30N2OS/c1-5-16(3)15(19)18(12(2)10-11-20-4)14(17-16)13-8-6-7-9-13/h12-14,17H,5-11H2,1-4H3. The van der Waals surface area contributed by atoms with Crippen molar-refractivity contribution in [3.05, 3.63) is 0 Å². The van der Waals surface area contributed by atoms with Crippen LogP contribution in [0.25, 0.3) is 0 Å². The van der Waals surface area contributed by atoms with Crippen LogP contribution in [-0.4, -0.2) is 40.6 Å². The Bertz CT molecular complexity index is 343. The fraction of sp³-hybridized carbons (Fsp3) is 0.938. The predicted molar refractivity (Wildman–Crippen MR) is 86.9 cm³/mol. The maximum atomic E-state index is 12.9. The van der Waals surface area contributed by atoms with Gasteiger partial charge >= 0.3 is 0 Å². The first-order valence-corrected chi connectivity index (χ1v) is 9.52. The molecule has 2 fully saturated rings. The molecule has 1 N–H and O–H groups in total. The number of carbonyl (C=O) groups is 1. The average molecular weight is 298 g/mol. The van der Waals surface area contributed by atoms with Crippen LogP contribution in [0.5, 0.6) is 0 Å². The van der Waals surface area contributed by atoms with Gasteiger partial charge in [-0.1, -0.05) is 19.8 Å². The Morgan fingerprint density at radius 2 is 2.10 bits per heavy atom. The molecule has 0 aromatic heterocycles. The molecule has 116 valence electrons. The van der Waals surface area contributed by atoms with E-state index < -0.39 is 0 Å². The summed E-state index contributed by atoms with van der Waals surface area (Å²) in [4.78, 5) is 15.1. The first-order chi connectivity index (χ1) is 9.53. The number of carbonyl (C=O) groups excluding carboxylic acids is 1. The van der Waals surface area contributed by atoms with Crippen molar-refractivity contribution in [2.45, 2.75) is 77.0 Å². The Morgan fingerprint density at radius 1 is 1.45 bits per heavy atom. The van der Waals surface area contributed by atoms with E-state index in [1.54, 1.807) is 0 Å². The molecular formula is C16H30N2OS. The molecular weight excluding hydrogens is 268 g/mol. The molecule has 0 aromatic carbocycles. The van der Waals surface area contributed by atoms with Gasteiger partial charge in [-0.05, 0) is 57.5 Å². The lowest BCUT2D eigenvalue weighted by Crippen LogP contribution is -2.47. The average Bonchev–Trinajstić information content (AvgIpc) is 3.05. The second-order valence-electron chi connectivity index (χ2n) is 6.66. The summed E-state index contributed by atoms with van der Waals surface area (Å²) in [5.41, 5.74) is -0.346. The molecule has 2 rings (SSSR count). The molecule has 0 bridgehead atoms. The van der Waals surface area contributed by atoms with Crippen LogP contribution in [0, 0.1) is 5.92 Å². The van der Waals surface area contributed by atoms with Crippen LogP contribution in [0.2, 0.25) is 0 Å². The Labute approximate surface area is 128 Å². The molecule has 3 unspecified atom stereocenters. The Kier molecular flexibility index (Phi) is 5.41.